The van der Waals surface area contributed by atoms with E-state index in [1.807, 2.05) is 45.9 Å². The van der Waals surface area contributed by atoms with E-state index in [-0.39, 0.29) is 23.6 Å². The number of benzene rings is 3. The topological polar surface area (TPSA) is 195 Å². The van der Waals surface area contributed by atoms with Gasteiger partial charge < -0.3 is 45.4 Å². The van der Waals surface area contributed by atoms with E-state index in [9.17, 15) is 24.4 Å². The summed E-state index contributed by atoms with van der Waals surface area (Å²) >= 11 is 0. The molecule has 0 bridgehead atoms. The van der Waals surface area contributed by atoms with Gasteiger partial charge in [-0.3, -0.25) is 14.4 Å². The van der Waals surface area contributed by atoms with Crippen LogP contribution in [-0.2, 0) is 32.7 Å². The number of likely N-dealkylation sites (tertiary alicyclic amines) is 1. The Morgan fingerprint density at radius 3 is 2.54 bits per heavy atom. The molecule has 15 nitrogen and oxygen atoms in total. The number of aromatic amines is 1. The average molecular weight is 883 g/mol. The van der Waals surface area contributed by atoms with Crippen molar-refractivity contribution in [2.45, 2.75) is 110 Å². The minimum absolute atomic E-state index is 0.00585. The van der Waals surface area contributed by atoms with E-state index in [1.165, 1.54) is 0 Å². The number of H-pyrrole nitrogens is 1. The number of nitrogen functional groups attached to an aromatic ring is 1. The molecule has 0 spiro atoms. The van der Waals surface area contributed by atoms with Crippen molar-refractivity contribution in [3.8, 4) is 6.07 Å². The molecule has 5 N–H and O–H groups in total. The zero-order chi connectivity index (χ0) is 46.2. The maximum atomic E-state index is 14.1. The van der Waals surface area contributed by atoms with Crippen LogP contribution >= 0.6 is 0 Å². The van der Waals surface area contributed by atoms with Gasteiger partial charge in [0.2, 0.25) is 17.8 Å². The lowest BCUT2D eigenvalue weighted by atomic mass is 9.70. The van der Waals surface area contributed by atoms with Crippen molar-refractivity contribution < 1.29 is 23.9 Å². The van der Waals surface area contributed by atoms with E-state index in [1.54, 1.807) is 26.8 Å². The molecule has 2 atom stereocenters. The van der Waals surface area contributed by atoms with Crippen molar-refractivity contribution >= 4 is 57.3 Å². The van der Waals surface area contributed by atoms with Crippen molar-refractivity contribution in [2.75, 3.05) is 56.4 Å². The summed E-state index contributed by atoms with van der Waals surface area (Å²) in [4.78, 5) is 68.7. The van der Waals surface area contributed by atoms with Gasteiger partial charge in [0.15, 0.2) is 5.78 Å². The smallest absolute Gasteiger partial charge is 0.408 e. The Hall–Kier alpha value is -6.40. The first-order valence-electron chi connectivity index (χ1n) is 23.1. The van der Waals surface area contributed by atoms with Crippen LogP contribution in [0.3, 0.4) is 0 Å². The van der Waals surface area contributed by atoms with Crippen LogP contribution in [0.5, 0.6) is 0 Å². The fraction of sp³-hybridized carbons (Fsp3) is 0.480. The summed E-state index contributed by atoms with van der Waals surface area (Å²) in [5.74, 6) is 0.308. The first kappa shape index (κ1) is 45.2. The summed E-state index contributed by atoms with van der Waals surface area (Å²) in [5, 5.41) is 16.3. The maximum Gasteiger partial charge on any atom is 0.408 e. The number of amides is 3. The summed E-state index contributed by atoms with van der Waals surface area (Å²) in [7, 11) is 0. The fourth-order valence-corrected chi connectivity index (χ4v) is 9.92. The average Bonchev–Trinajstić information content (AvgIpc) is 3.99. The third kappa shape index (κ3) is 9.40. The zero-order valence-corrected chi connectivity index (χ0v) is 38.6. The first-order valence-corrected chi connectivity index (χ1v) is 23.1. The summed E-state index contributed by atoms with van der Waals surface area (Å²) in [6.45, 7) is 17.2. The van der Waals surface area contributed by atoms with Gasteiger partial charge in [-0.2, -0.15) is 5.26 Å². The highest BCUT2D eigenvalue weighted by Gasteiger charge is 2.41. The number of alkyl carbamates (subject to hydrolysis) is 1. The predicted octanol–water partition coefficient (Wildman–Crippen LogP) is 6.40. The lowest BCUT2D eigenvalue weighted by Crippen LogP contribution is -2.51. The number of anilines is 2. The van der Waals surface area contributed by atoms with Gasteiger partial charge in [0.05, 0.1) is 28.2 Å². The number of fused-ring (bicyclic) bond motifs is 5. The number of carbonyl (C=O) groups excluding carboxylic acids is 4. The fourth-order valence-electron chi connectivity index (χ4n) is 9.92. The molecule has 0 saturated carbocycles. The molecule has 0 unspecified atom stereocenters. The van der Waals surface area contributed by atoms with Crippen molar-refractivity contribution in [1.29, 1.82) is 5.26 Å². The number of aromatic nitrogens is 3. The number of para-hydroxylation sites is 2. The Morgan fingerprint density at radius 2 is 1.80 bits per heavy atom. The standard InChI is InChI=1S/C50H62N10O5/c1-7-32-27-35-36(50(5,6)45-43(44(35)62)34-17-16-31(29-51)26-39(34)54-45)28-41(32)58-22-24-59(25-23-58)42(61)15-11-19-57-21-18-33(30-57)53-46(63)38(56-48(64)65-49(2,3)4)13-10-20-60-40-14-9-8-12-37(40)55-47(60)52/h8-9,12,14,16-17,26-28,33,38,54H,7,10-11,13,15,18-25,30H2,1-6H3,(H2,52,55)(H,53,63)(H,56,64)/t33-,38+/m1/s1. The number of ketones is 1. The number of carbonyl (C=O) groups is 4. The number of imidazole rings is 1. The molecule has 3 aliphatic rings. The first-order chi connectivity index (χ1) is 31.0. The van der Waals surface area contributed by atoms with Crippen molar-refractivity contribution in [2.24, 2.45) is 0 Å². The molecule has 1 aliphatic carbocycles. The summed E-state index contributed by atoms with van der Waals surface area (Å²) in [6, 6.07) is 18.8. The number of aryl methyl sites for hydroxylation is 2. The number of hydrogen-bond acceptors (Lipinski definition) is 10. The van der Waals surface area contributed by atoms with E-state index in [0.29, 0.717) is 75.6 Å². The van der Waals surface area contributed by atoms with Crippen LogP contribution in [0, 0.1) is 11.3 Å². The van der Waals surface area contributed by atoms with Crippen LogP contribution < -0.4 is 21.3 Å². The highest BCUT2D eigenvalue weighted by Crippen LogP contribution is 2.46. The zero-order valence-electron chi connectivity index (χ0n) is 38.6. The number of nitrogens with one attached hydrogen (secondary N) is 3. The Kier molecular flexibility index (Phi) is 12.7. The van der Waals surface area contributed by atoms with Gasteiger partial charge in [-0.1, -0.05) is 39.0 Å². The molecule has 8 rings (SSSR count). The highest BCUT2D eigenvalue weighted by molar-refractivity contribution is 6.20. The second kappa shape index (κ2) is 18.2. The van der Waals surface area contributed by atoms with Gasteiger partial charge in [-0.15, -0.1) is 0 Å². The highest BCUT2D eigenvalue weighted by atomic mass is 16.6. The predicted molar refractivity (Wildman–Crippen MR) is 252 cm³/mol. The van der Waals surface area contributed by atoms with E-state index < -0.39 is 23.2 Å². The molecular formula is C50H62N10O5. The van der Waals surface area contributed by atoms with Crippen molar-refractivity contribution in [3.05, 3.63) is 88.1 Å². The van der Waals surface area contributed by atoms with Gasteiger partial charge >= 0.3 is 6.09 Å². The van der Waals surface area contributed by atoms with E-state index >= 15 is 0 Å². The molecular weight excluding hydrogens is 821 g/mol. The van der Waals surface area contributed by atoms with Crippen LogP contribution in [0.1, 0.15) is 112 Å². The number of rotatable bonds is 13. The minimum Gasteiger partial charge on any atom is -0.444 e. The Balaban J connectivity index is 0.821. The molecule has 0 radical (unpaired) electrons. The molecule has 2 fully saturated rings. The molecule has 4 heterocycles. The largest absolute Gasteiger partial charge is 0.444 e. The number of nitriles is 1. The van der Waals surface area contributed by atoms with E-state index in [2.05, 4.69) is 69.4 Å². The molecule has 2 aliphatic heterocycles. The van der Waals surface area contributed by atoms with Crippen molar-refractivity contribution in [3.63, 3.8) is 0 Å². The molecule has 3 amide bonds. The Bertz CT molecular complexity index is 2680. The summed E-state index contributed by atoms with van der Waals surface area (Å²) in [5.41, 5.74) is 13.6. The molecule has 2 aromatic heterocycles. The minimum atomic E-state index is -0.793. The summed E-state index contributed by atoms with van der Waals surface area (Å²) in [6.07, 6.45) is 3.03. The van der Waals surface area contributed by atoms with Gasteiger partial charge in [0, 0.05) is 91.5 Å². The van der Waals surface area contributed by atoms with E-state index in [0.717, 1.165) is 82.4 Å². The third-order valence-electron chi connectivity index (χ3n) is 13.3. The number of nitrogens with two attached hydrogens (primary N) is 1. The molecule has 15 heteroatoms. The second-order valence-corrected chi connectivity index (χ2v) is 19.3. The van der Waals surface area contributed by atoms with Crippen LogP contribution in [0.15, 0.2) is 54.6 Å². The maximum absolute atomic E-state index is 14.1. The van der Waals surface area contributed by atoms with Gasteiger partial charge in [-0.05, 0) is 107 Å². The lowest BCUT2D eigenvalue weighted by Gasteiger charge is -2.39. The van der Waals surface area contributed by atoms with Crippen LogP contribution in [0.25, 0.3) is 21.9 Å². The Labute approximate surface area is 380 Å². The molecule has 2 saturated heterocycles. The SMILES string of the molecule is CCc1cc2c(cc1N1CCN(C(=O)CCCN3CC[C@@H](NC(=O)[C@H](CCCn4c(N)nc5ccccc54)NC(=O)OC(C)(C)C)C3)CC1)C(C)(C)c1[nH]c3cc(C#N)ccc3c1C2=O. The lowest BCUT2D eigenvalue weighted by molar-refractivity contribution is -0.131. The second-order valence-electron chi connectivity index (χ2n) is 19.3. The van der Waals surface area contributed by atoms with Crippen molar-refractivity contribution in [1.82, 2.24) is 35.0 Å². The van der Waals surface area contributed by atoms with Gasteiger partial charge in [-0.25, -0.2) is 9.78 Å². The number of ether oxygens (including phenoxy) is 1. The molecule has 342 valence electrons. The van der Waals surface area contributed by atoms with Crippen LogP contribution in [0.2, 0.25) is 0 Å². The number of nitrogens with zero attached hydrogens (tertiary/aromatic N) is 6. The summed E-state index contributed by atoms with van der Waals surface area (Å²) < 4.78 is 7.43. The van der Waals surface area contributed by atoms with Gasteiger partial charge in [0.1, 0.15) is 11.6 Å². The van der Waals surface area contributed by atoms with Crippen LogP contribution in [0.4, 0.5) is 16.4 Å². The normalized spacial score (nSPS) is 17.7. The third-order valence-corrected chi connectivity index (χ3v) is 13.3. The van der Waals surface area contributed by atoms with Gasteiger partial charge in [0.25, 0.3) is 0 Å². The molecule has 65 heavy (non-hydrogen) atoms. The molecule has 3 aromatic carbocycles. The number of hydrogen-bond donors (Lipinski definition) is 4. The quantitative estimate of drug-likeness (QED) is 0.103. The Morgan fingerprint density at radius 1 is 1.03 bits per heavy atom. The van der Waals surface area contributed by atoms with Crippen LogP contribution in [-0.4, -0.2) is 112 Å². The van der Waals surface area contributed by atoms with E-state index in [4.69, 9.17) is 10.5 Å². The number of piperazine rings is 1. The molecule has 5 aromatic rings. The monoisotopic (exact) mass is 882 g/mol.